The van der Waals surface area contributed by atoms with Crippen LogP contribution >= 0.6 is 0 Å². The van der Waals surface area contributed by atoms with Gasteiger partial charge in [-0.3, -0.25) is 9.59 Å². The molecule has 186 valence electrons. The maximum absolute atomic E-state index is 12.4. The zero-order chi connectivity index (χ0) is 25.2. The normalized spacial score (nSPS) is 10.6. The lowest BCUT2D eigenvalue weighted by molar-refractivity contribution is -0.148. The van der Waals surface area contributed by atoms with Gasteiger partial charge in [0.2, 0.25) is 0 Å². The SMILES string of the molecule is CCOc1ccc(OCCNC(=O)COC(=O)CCc2c(C)c3ccc(OC)cc3oc2=O)cc1. The molecule has 0 spiro atoms. The molecule has 9 heteroatoms. The molecule has 1 amide bonds. The molecule has 3 rings (SSSR count). The fourth-order valence-electron chi connectivity index (χ4n) is 3.44. The second-order valence-electron chi connectivity index (χ2n) is 7.62. The maximum Gasteiger partial charge on any atom is 0.339 e. The molecule has 3 aromatic rings. The smallest absolute Gasteiger partial charge is 0.339 e. The minimum atomic E-state index is -0.584. The van der Waals surface area contributed by atoms with Gasteiger partial charge in [0.05, 0.1) is 20.3 Å². The highest BCUT2D eigenvalue weighted by molar-refractivity contribution is 5.83. The Labute approximate surface area is 202 Å². The summed E-state index contributed by atoms with van der Waals surface area (Å²) in [4.78, 5) is 36.4. The molecule has 1 N–H and O–H groups in total. The third kappa shape index (κ3) is 7.23. The van der Waals surface area contributed by atoms with E-state index in [1.54, 1.807) is 49.4 Å². The first-order valence-corrected chi connectivity index (χ1v) is 11.3. The number of amides is 1. The molecule has 2 aromatic carbocycles. The molecule has 0 aliphatic carbocycles. The van der Waals surface area contributed by atoms with E-state index < -0.39 is 24.1 Å². The summed E-state index contributed by atoms with van der Waals surface area (Å²) in [5, 5.41) is 3.38. The summed E-state index contributed by atoms with van der Waals surface area (Å²) < 4.78 is 26.5. The van der Waals surface area contributed by atoms with E-state index in [1.165, 1.54) is 7.11 Å². The van der Waals surface area contributed by atoms with Crippen LogP contribution in [-0.2, 0) is 20.7 Å². The number of hydrogen-bond donors (Lipinski definition) is 1. The summed E-state index contributed by atoms with van der Waals surface area (Å²) in [7, 11) is 1.53. The molecule has 0 saturated heterocycles. The highest BCUT2D eigenvalue weighted by atomic mass is 16.5. The van der Waals surface area contributed by atoms with Gasteiger partial charge >= 0.3 is 11.6 Å². The molecule has 0 unspecified atom stereocenters. The third-order valence-corrected chi connectivity index (χ3v) is 5.27. The second-order valence-corrected chi connectivity index (χ2v) is 7.62. The molecule has 0 radical (unpaired) electrons. The minimum Gasteiger partial charge on any atom is -0.497 e. The molecule has 9 nitrogen and oxygen atoms in total. The summed E-state index contributed by atoms with van der Waals surface area (Å²) in [5.74, 6) is 0.967. The summed E-state index contributed by atoms with van der Waals surface area (Å²) in [6, 6.07) is 12.4. The molecule has 1 aromatic heterocycles. The number of ether oxygens (including phenoxy) is 4. The van der Waals surface area contributed by atoms with Crippen molar-refractivity contribution in [1.82, 2.24) is 5.32 Å². The zero-order valence-electron chi connectivity index (χ0n) is 20.1. The van der Waals surface area contributed by atoms with E-state index in [0.29, 0.717) is 29.3 Å². The van der Waals surface area contributed by atoms with E-state index in [0.717, 1.165) is 16.7 Å². The Hall–Kier alpha value is -4.01. The molecule has 0 saturated carbocycles. The highest BCUT2D eigenvalue weighted by Gasteiger charge is 2.15. The molecule has 0 aliphatic heterocycles. The fraction of sp³-hybridized carbons (Fsp3) is 0.346. The van der Waals surface area contributed by atoms with Gasteiger partial charge in [-0.05, 0) is 62.2 Å². The van der Waals surface area contributed by atoms with Crippen LogP contribution in [0.5, 0.6) is 17.2 Å². The van der Waals surface area contributed by atoms with Gasteiger partial charge in [0.15, 0.2) is 6.61 Å². The number of rotatable bonds is 12. The van der Waals surface area contributed by atoms with Gasteiger partial charge in [0, 0.05) is 23.4 Å². The van der Waals surface area contributed by atoms with Crippen LogP contribution in [0.3, 0.4) is 0 Å². The van der Waals surface area contributed by atoms with Crippen LogP contribution < -0.4 is 25.2 Å². The maximum atomic E-state index is 12.4. The number of fused-ring (bicyclic) bond motifs is 1. The van der Waals surface area contributed by atoms with Crippen molar-refractivity contribution in [3.05, 3.63) is 64.0 Å². The largest absolute Gasteiger partial charge is 0.497 e. The molecule has 1 heterocycles. The number of benzene rings is 2. The lowest BCUT2D eigenvalue weighted by Gasteiger charge is -2.10. The lowest BCUT2D eigenvalue weighted by Crippen LogP contribution is -2.32. The molecule has 0 atom stereocenters. The number of nitrogens with one attached hydrogen (secondary N) is 1. The van der Waals surface area contributed by atoms with E-state index in [9.17, 15) is 14.4 Å². The van der Waals surface area contributed by atoms with E-state index in [2.05, 4.69) is 5.32 Å². The molecule has 0 aliphatic rings. The van der Waals surface area contributed by atoms with Crippen molar-refractivity contribution in [3.8, 4) is 17.2 Å². The van der Waals surface area contributed by atoms with E-state index in [4.69, 9.17) is 23.4 Å². The van der Waals surface area contributed by atoms with Crippen LogP contribution in [0.1, 0.15) is 24.5 Å². The monoisotopic (exact) mass is 483 g/mol. The van der Waals surface area contributed by atoms with Gasteiger partial charge in [-0.1, -0.05) is 0 Å². The first kappa shape index (κ1) is 25.6. The molecule has 35 heavy (non-hydrogen) atoms. The first-order chi connectivity index (χ1) is 16.9. The van der Waals surface area contributed by atoms with Crippen molar-refractivity contribution in [2.24, 2.45) is 0 Å². The summed E-state index contributed by atoms with van der Waals surface area (Å²) in [5.41, 5.74) is 1.04. The average molecular weight is 484 g/mol. The number of carbonyl (C=O) groups excluding carboxylic acids is 2. The van der Waals surface area contributed by atoms with E-state index in [-0.39, 0.29) is 26.0 Å². The number of carbonyl (C=O) groups is 2. The van der Waals surface area contributed by atoms with Crippen molar-refractivity contribution < 1.29 is 33.0 Å². The van der Waals surface area contributed by atoms with Crippen molar-refractivity contribution in [2.75, 3.05) is 33.5 Å². The number of aryl methyl sites for hydroxylation is 1. The molecule has 0 bridgehead atoms. The van der Waals surface area contributed by atoms with Gasteiger partial charge in [-0.15, -0.1) is 0 Å². The Bertz CT molecular complexity index is 1220. The van der Waals surface area contributed by atoms with Crippen molar-refractivity contribution in [2.45, 2.75) is 26.7 Å². The van der Waals surface area contributed by atoms with Gasteiger partial charge in [0.1, 0.15) is 29.4 Å². The highest BCUT2D eigenvalue weighted by Crippen LogP contribution is 2.24. The van der Waals surface area contributed by atoms with E-state index in [1.807, 2.05) is 6.92 Å². The standard InChI is InChI=1S/C26H29NO8/c1-4-32-18-5-7-19(8-6-18)33-14-13-27-24(28)16-34-25(29)12-11-22-17(2)21-10-9-20(31-3)15-23(21)35-26(22)30/h5-10,15H,4,11-14,16H2,1-3H3,(H,27,28). The quantitative estimate of drug-likeness (QED) is 0.237. The van der Waals surface area contributed by atoms with Crippen molar-refractivity contribution in [3.63, 3.8) is 0 Å². The number of methoxy groups -OCH3 is 1. The Kier molecular flexibility index (Phi) is 9.11. The van der Waals surface area contributed by atoms with Crippen LogP contribution in [0.25, 0.3) is 11.0 Å². The van der Waals surface area contributed by atoms with Crippen molar-refractivity contribution >= 4 is 22.8 Å². The van der Waals surface area contributed by atoms with Crippen LogP contribution in [0.15, 0.2) is 51.7 Å². The van der Waals surface area contributed by atoms with E-state index >= 15 is 0 Å². The predicted molar refractivity (Wildman–Crippen MR) is 129 cm³/mol. The minimum absolute atomic E-state index is 0.0542. The molecular weight excluding hydrogens is 454 g/mol. The van der Waals surface area contributed by atoms with Gasteiger partial charge in [-0.25, -0.2) is 4.79 Å². The van der Waals surface area contributed by atoms with Gasteiger partial charge in [0.25, 0.3) is 5.91 Å². The number of hydrogen-bond acceptors (Lipinski definition) is 8. The average Bonchev–Trinajstić information content (AvgIpc) is 2.86. The summed E-state index contributed by atoms with van der Waals surface area (Å²) in [6.07, 6.45) is 0.0912. The Morgan fingerprint density at radius 3 is 2.37 bits per heavy atom. The predicted octanol–water partition coefficient (Wildman–Crippen LogP) is 3.18. The third-order valence-electron chi connectivity index (χ3n) is 5.27. The second kappa shape index (κ2) is 12.5. The van der Waals surface area contributed by atoms with Crippen LogP contribution in [0, 0.1) is 6.92 Å². The van der Waals surface area contributed by atoms with Crippen molar-refractivity contribution in [1.29, 1.82) is 0 Å². The summed E-state index contributed by atoms with van der Waals surface area (Å²) >= 11 is 0. The fourth-order valence-corrected chi connectivity index (χ4v) is 3.44. The summed E-state index contributed by atoms with van der Waals surface area (Å²) in [6.45, 7) is 4.41. The first-order valence-electron chi connectivity index (χ1n) is 11.3. The van der Waals surface area contributed by atoms with Gasteiger partial charge < -0.3 is 28.7 Å². The molecular formula is C26H29NO8. The van der Waals surface area contributed by atoms with Crippen LogP contribution in [0.2, 0.25) is 0 Å². The zero-order valence-corrected chi connectivity index (χ0v) is 20.1. The topological polar surface area (TPSA) is 113 Å². The Morgan fingerprint density at radius 2 is 1.69 bits per heavy atom. The molecule has 0 fully saturated rings. The van der Waals surface area contributed by atoms with Crippen LogP contribution in [0.4, 0.5) is 0 Å². The lowest BCUT2D eigenvalue weighted by atomic mass is 10.0. The number of esters is 1. The van der Waals surface area contributed by atoms with Crippen LogP contribution in [-0.4, -0.2) is 45.4 Å². The Balaban J connectivity index is 1.39. The van der Waals surface area contributed by atoms with Gasteiger partial charge in [-0.2, -0.15) is 0 Å². The Morgan fingerprint density at radius 1 is 1.00 bits per heavy atom.